The van der Waals surface area contributed by atoms with Gasteiger partial charge in [-0.3, -0.25) is 0 Å². The maximum Gasteiger partial charge on any atom is 1.00 e. The second-order valence-electron chi connectivity index (χ2n) is 3.09. The Morgan fingerprint density at radius 2 is 1.83 bits per heavy atom. The molecule has 0 aliphatic heterocycles. The minimum atomic E-state index is -4.78. The molecule has 0 N–H and O–H groups in total. The van der Waals surface area contributed by atoms with Gasteiger partial charge in [-0.25, -0.2) is 16.8 Å². The van der Waals surface area contributed by atoms with Crippen molar-refractivity contribution in [3.63, 3.8) is 0 Å². The summed E-state index contributed by atoms with van der Waals surface area (Å²) in [4.78, 5) is -0.694. The van der Waals surface area contributed by atoms with Gasteiger partial charge in [0, 0.05) is 5.88 Å². The van der Waals surface area contributed by atoms with Crippen LogP contribution in [0.2, 0.25) is 0 Å². The van der Waals surface area contributed by atoms with Gasteiger partial charge in [-0.2, -0.15) is 5.10 Å². The summed E-state index contributed by atoms with van der Waals surface area (Å²) < 4.78 is 55.6. The fourth-order valence-corrected chi connectivity index (χ4v) is 3.25. The van der Waals surface area contributed by atoms with E-state index in [2.05, 4.69) is 10.2 Å². The molecule has 0 saturated carbocycles. The minimum absolute atomic E-state index is 0. The molecule has 0 amide bonds. The predicted molar refractivity (Wildman–Crippen MR) is 57.5 cm³/mol. The summed E-state index contributed by atoms with van der Waals surface area (Å²) in [5, 5.41) is 6.11. The molecule has 18 heavy (non-hydrogen) atoms. The molecule has 0 spiro atoms. The Morgan fingerprint density at radius 3 is 2.28 bits per heavy atom. The zero-order valence-electron chi connectivity index (χ0n) is 9.62. The van der Waals surface area contributed by atoms with Crippen molar-refractivity contribution in [3.8, 4) is 0 Å². The maximum absolute atomic E-state index is 11.5. The molecule has 0 fully saturated rings. The van der Waals surface area contributed by atoms with Gasteiger partial charge in [0.25, 0.3) is 0 Å². The number of hydrogen-bond acceptors (Lipinski definition) is 7. The number of aromatic nitrogens is 2. The number of alkyl halides is 1. The first-order chi connectivity index (χ1) is 7.68. The van der Waals surface area contributed by atoms with Crippen molar-refractivity contribution in [1.82, 2.24) is 10.2 Å². The third kappa shape index (κ3) is 4.41. The average Bonchev–Trinajstić information content (AvgIpc) is 2.15. The van der Waals surface area contributed by atoms with Crippen LogP contribution in [0.25, 0.3) is 0 Å². The van der Waals surface area contributed by atoms with Gasteiger partial charge < -0.3 is 4.55 Å². The number of hydrogen-bond donors (Lipinski definition) is 0. The molecule has 0 bridgehead atoms. The Balaban J connectivity index is 0.00000289. The van der Waals surface area contributed by atoms with Crippen molar-refractivity contribution >= 4 is 31.6 Å². The van der Waals surface area contributed by atoms with Gasteiger partial charge in [0.1, 0.15) is 10.1 Å². The van der Waals surface area contributed by atoms with Crippen molar-refractivity contribution in [1.29, 1.82) is 0 Å². The van der Waals surface area contributed by atoms with E-state index in [1.807, 2.05) is 0 Å². The topological polar surface area (TPSA) is 117 Å². The van der Waals surface area contributed by atoms with Crippen molar-refractivity contribution in [2.24, 2.45) is 0 Å². The van der Waals surface area contributed by atoms with Gasteiger partial charge in [-0.05, 0) is 13.0 Å². The summed E-state index contributed by atoms with van der Waals surface area (Å²) in [6.45, 7) is 1.25. The summed E-state index contributed by atoms with van der Waals surface area (Å²) in [5.74, 6) is -0.581. The molecule has 0 radical (unpaired) electrons. The van der Waals surface area contributed by atoms with E-state index in [-0.39, 0.29) is 41.1 Å². The first-order valence-corrected chi connectivity index (χ1v) is 7.87. The molecule has 0 aliphatic rings. The van der Waals surface area contributed by atoms with Crippen LogP contribution >= 0.6 is 11.6 Å². The van der Waals surface area contributed by atoms with E-state index in [9.17, 15) is 21.4 Å². The monoisotopic (exact) mass is 322 g/mol. The summed E-state index contributed by atoms with van der Waals surface area (Å²) in [5.41, 5.74) is -0.148. The standard InChI is InChI=1S/C7H9ClN2O5S2.Na/c1-5-6(17(13,14)15)4-7(10-9-5)16(11,12)3-2-8;/h4H,2-3H2,1H3,(H,13,14,15);/q;+1/p-1. The van der Waals surface area contributed by atoms with Gasteiger partial charge in [0.15, 0.2) is 14.9 Å². The Morgan fingerprint density at radius 1 is 1.28 bits per heavy atom. The van der Waals surface area contributed by atoms with E-state index in [1.165, 1.54) is 6.92 Å². The summed E-state index contributed by atoms with van der Waals surface area (Å²) in [6, 6.07) is 0.701. The molecule has 0 aromatic carbocycles. The fourth-order valence-electron chi connectivity index (χ4n) is 1.03. The van der Waals surface area contributed by atoms with Crippen LogP contribution in [0.15, 0.2) is 16.0 Å². The normalized spacial score (nSPS) is 11.9. The summed E-state index contributed by atoms with van der Waals surface area (Å²) in [7, 11) is -8.60. The van der Waals surface area contributed by atoms with Crippen LogP contribution in [0, 0.1) is 6.92 Å². The average molecular weight is 323 g/mol. The third-order valence-electron chi connectivity index (χ3n) is 1.84. The van der Waals surface area contributed by atoms with Crippen molar-refractivity contribution in [2.75, 3.05) is 11.6 Å². The number of rotatable bonds is 4. The quantitative estimate of drug-likeness (QED) is 0.324. The van der Waals surface area contributed by atoms with E-state index in [0.717, 1.165) is 0 Å². The molecule has 0 atom stereocenters. The SMILES string of the molecule is Cc1nnc(S(=O)(=O)CCCl)cc1S(=O)(=O)[O-].[Na+]. The molecular formula is C7H8ClN2NaO5S2. The van der Waals surface area contributed by atoms with Gasteiger partial charge in [0.2, 0.25) is 0 Å². The summed E-state index contributed by atoms with van der Waals surface area (Å²) in [6.07, 6.45) is 0. The predicted octanol–water partition coefficient (Wildman–Crippen LogP) is -3.29. The molecule has 1 aromatic rings. The minimum Gasteiger partial charge on any atom is -0.744 e. The second-order valence-corrected chi connectivity index (χ2v) is 6.88. The molecule has 1 heterocycles. The Bertz CT molecular complexity index is 631. The van der Waals surface area contributed by atoms with Crippen molar-refractivity contribution in [2.45, 2.75) is 16.8 Å². The van der Waals surface area contributed by atoms with Gasteiger partial charge in [0.05, 0.1) is 16.3 Å². The largest absolute Gasteiger partial charge is 1.00 e. The smallest absolute Gasteiger partial charge is 0.744 e. The molecule has 96 valence electrons. The van der Waals surface area contributed by atoms with Crippen LogP contribution in [0.3, 0.4) is 0 Å². The molecule has 1 rings (SSSR count). The Kier molecular flexibility index (Phi) is 6.68. The van der Waals surface area contributed by atoms with E-state index < -0.39 is 35.6 Å². The first-order valence-electron chi connectivity index (χ1n) is 4.27. The zero-order chi connectivity index (χ0) is 13.3. The molecule has 11 heteroatoms. The van der Waals surface area contributed by atoms with Crippen LogP contribution in [0.4, 0.5) is 0 Å². The van der Waals surface area contributed by atoms with Crippen LogP contribution in [0.1, 0.15) is 5.69 Å². The molecule has 7 nitrogen and oxygen atoms in total. The molecule has 1 aromatic heterocycles. The third-order valence-corrected chi connectivity index (χ3v) is 4.79. The number of sulfone groups is 1. The van der Waals surface area contributed by atoms with Crippen LogP contribution in [-0.4, -0.2) is 43.2 Å². The number of aryl methyl sites for hydroxylation is 1. The van der Waals surface area contributed by atoms with Crippen LogP contribution < -0.4 is 29.6 Å². The first kappa shape index (κ1) is 18.2. The zero-order valence-corrected chi connectivity index (χ0v) is 14.0. The number of nitrogens with zero attached hydrogens (tertiary/aromatic N) is 2. The van der Waals surface area contributed by atoms with E-state index in [4.69, 9.17) is 11.6 Å². The van der Waals surface area contributed by atoms with Gasteiger partial charge >= 0.3 is 29.6 Å². The Hall–Kier alpha value is 0.230. The second kappa shape index (κ2) is 6.60. The van der Waals surface area contributed by atoms with Crippen molar-refractivity contribution < 1.29 is 50.9 Å². The number of halogens is 1. The molecule has 0 saturated heterocycles. The molecular weight excluding hydrogens is 315 g/mol. The van der Waals surface area contributed by atoms with Gasteiger partial charge in [-0.1, -0.05) is 0 Å². The van der Waals surface area contributed by atoms with Crippen LogP contribution in [0.5, 0.6) is 0 Å². The Labute approximate surface area is 132 Å². The van der Waals surface area contributed by atoms with Crippen LogP contribution in [-0.2, 0) is 20.0 Å². The summed E-state index contributed by atoms with van der Waals surface area (Å²) >= 11 is 5.29. The van der Waals surface area contributed by atoms with E-state index in [1.54, 1.807) is 0 Å². The molecule has 0 unspecified atom stereocenters. The molecule has 0 aliphatic carbocycles. The van der Waals surface area contributed by atoms with E-state index in [0.29, 0.717) is 6.07 Å². The van der Waals surface area contributed by atoms with Gasteiger partial charge in [-0.15, -0.1) is 16.7 Å². The fraction of sp³-hybridized carbons (Fsp3) is 0.429. The maximum atomic E-state index is 11.5. The van der Waals surface area contributed by atoms with Crippen molar-refractivity contribution in [3.05, 3.63) is 11.8 Å². The van der Waals surface area contributed by atoms with E-state index >= 15 is 0 Å².